The normalized spacial score (nSPS) is 11.1. The Bertz CT molecular complexity index is 439. The number of nitro groups is 2. The highest BCUT2D eigenvalue weighted by molar-refractivity contribution is 6.01. The van der Waals surface area contributed by atoms with Crippen molar-refractivity contribution in [1.82, 2.24) is 0 Å². The van der Waals surface area contributed by atoms with Crippen molar-refractivity contribution in [1.29, 1.82) is 0 Å². The van der Waals surface area contributed by atoms with Crippen molar-refractivity contribution in [3.63, 3.8) is 0 Å². The first-order chi connectivity index (χ1) is 7.54. The molecule has 0 aromatic heterocycles. The quantitative estimate of drug-likeness (QED) is 0.355. The second kappa shape index (κ2) is 4.82. The molecule has 8 nitrogen and oxygen atoms in total. The zero-order chi connectivity index (χ0) is 12.1. The molecular weight excluding hydrogens is 218 g/mol. The summed E-state index contributed by atoms with van der Waals surface area (Å²) in [5.41, 5.74) is -0.0214. The number of oxime groups is 1. The van der Waals surface area contributed by atoms with Gasteiger partial charge in [0.15, 0.2) is 5.71 Å². The topological polar surface area (TPSA) is 119 Å². The second-order valence-electron chi connectivity index (χ2n) is 2.84. The van der Waals surface area contributed by atoms with Crippen molar-refractivity contribution in [2.24, 2.45) is 5.16 Å². The number of benzene rings is 1. The lowest BCUT2D eigenvalue weighted by molar-refractivity contribution is -0.463. The van der Waals surface area contributed by atoms with Crippen LogP contribution in [0.25, 0.3) is 0 Å². The van der Waals surface area contributed by atoms with Gasteiger partial charge >= 0.3 is 0 Å². The van der Waals surface area contributed by atoms with Crippen LogP contribution in [0.1, 0.15) is 5.56 Å². The van der Waals surface area contributed by atoms with Crippen LogP contribution in [0, 0.1) is 20.2 Å². The molecule has 0 aliphatic heterocycles. The molecule has 1 aromatic carbocycles. The first-order valence-electron chi connectivity index (χ1n) is 4.12. The number of nitro benzene ring substituents is 1. The van der Waals surface area contributed by atoms with E-state index in [1.165, 1.54) is 24.3 Å². The molecule has 0 spiro atoms. The van der Waals surface area contributed by atoms with E-state index in [0.29, 0.717) is 0 Å². The van der Waals surface area contributed by atoms with Crippen LogP contribution in [0.4, 0.5) is 5.69 Å². The Morgan fingerprint density at radius 1 is 1.25 bits per heavy atom. The van der Waals surface area contributed by atoms with Crippen molar-refractivity contribution in [3.8, 4) is 0 Å². The summed E-state index contributed by atoms with van der Waals surface area (Å²) in [7, 11) is 0. The van der Waals surface area contributed by atoms with E-state index < -0.39 is 16.4 Å². The van der Waals surface area contributed by atoms with Crippen molar-refractivity contribution in [2.45, 2.75) is 0 Å². The Kier molecular flexibility index (Phi) is 3.49. The molecule has 0 unspecified atom stereocenters. The summed E-state index contributed by atoms with van der Waals surface area (Å²) in [6, 6.07) is 4.94. The number of hydrogen-bond donors (Lipinski definition) is 1. The summed E-state index contributed by atoms with van der Waals surface area (Å²) in [5, 5.41) is 31.9. The summed E-state index contributed by atoms with van der Waals surface area (Å²) in [6.07, 6.45) is 0. The summed E-state index contributed by atoms with van der Waals surface area (Å²) in [6.45, 7) is -0.645. The molecule has 0 aliphatic carbocycles. The Morgan fingerprint density at radius 3 is 2.19 bits per heavy atom. The van der Waals surface area contributed by atoms with Crippen LogP contribution >= 0.6 is 0 Å². The maximum Gasteiger partial charge on any atom is 0.269 e. The number of hydrogen-bond acceptors (Lipinski definition) is 6. The molecular formula is C8H7N3O5. The standard InChI is InChI=1S/C8H7N3O5/c12-9-8(5-10(13)14)6-1-3-7(4-2-6)11(15)16/h1-4,12H,5H2/b9-8-. The molecule has 0 fully saturated rings. The predicted molar refractivity (Wildman–Crippen MR) is 53.3 cm³/mol. The Hall–Kier alpha value is -2.51. The third-order valence-electron chi connectivity index (χ3n) is 1.81. The van der Waals surface area contributed by atoms with Gasteiger partial charge in [0.25, 0.3) is 5.69 Å². The summed E-state index contributed by atoms with van der Waals surface area (Å²) in [5.74, 6) is 0. The van der Waals surface area contributed by atoms with E-state index in [1.54, 1.807) is 0 Å². The number of nitrogens with zero attached hydrogens (tertiary/aromatic N) is 3. The van der Waals surface area contributed by atoms with E-state index in [2.05, 4.69) is 5.16 Å². The fourth-order valence-electron chi connectivity index (χ4n) is 1.08. The first kappa shape index (κ1) is 11.6. The van der Waals surface area contributed by atoms with Crippen molar-refractivity contribution in [2.75, 3.05) is 6.54 Å². The van der Waals surface area contributed by atoms with Gasteiger partial charge in [-0.1, -0.05) is 5.16 Å². The molecule has 0 saturated heterocycles. The lowest BCUT2D eigenvalue weighted by Crippen LogP contribution is -2.15. The van der Waals surface area contributed by atoms with Crippen molar-refractivity contribution in [3.05, 3.63) is 50.1 Å². The highest BCUT2D eigenvalue weighted by Gasteiger charge is 2.13. The summed E-state index contributed by atoms with van der Waals surface area (Å²) >= 11 is 0. The minimum Gasteiger partial charge on any atom is -0.410 e. The lowest BCUT2D eigenvalue weighted by atomic mass is 10.1. The molecule has 0 radical (unpaired) electrons. The third kappa shape index (κ3) is 2.74. The van der Waals surface area contributed by atoms with E-state index in [-0.39, 0.29) is 17.0 Å². The zero-order valence-corrected chi connectivity index (χ0v) is 7.94. The summed E-state index contributed by atoms with van der Waals surface area (Å²) in [4.78, 5) is 19.3. The number of non-ortho nitro benzene ring substituents is 1. The van der Waals surface area contributed by atoms with Gasteiger partial charge in [-0.15, -0.1) is 0 Å². The smallest absolute Gasteiger partial charge is 0.269 e. The zero-order valence-electron chi connectivity index (χ0n) is 7.94. The molecule has 0 atom stereocenters. The molecule has 0 amide bonds. The fraction of sp³-hybridized carbons (Fsp3) is 0.125. The maximum absolute atomic E-state index is 10.3. The highest BCUT2D eigenvalue weighted by atomic mass is 16.6. The monoisotopic (exact) mass is 225 g/mol. The molecule has 8 heteroatoms. The van der Waals surface area contributed by atoms with Crippen LogP contribution in [0.2, 0.25) is 0 Å². The van der Waals surface area contributed by atoms with E-state index in [9.17, 15) is 20.2 Å². The van der Waals surface area contributed by atoms with Gasteiger partial charge in [0, 0.05) is 22.6 Å². The third-order valence-corrected chi connectivity index (χ3v) is 1.81. The van der Waals surface area contributed by atoms with Gasteiger partial charge < -0.3 is 5.21 Å². The van der Waals surface area contributed by atoms with Gasteiger partial charge in [-0.2, -0.15) is 0 Å². The van der Waals surface area contributed by atoms with Crippen LogP contribution in [-0.2, 0) is 0 Å². The minimum atomic E-state index is -0.656. The molecule has 16 heavy (non-hydrogen) atoms. The van der Waals surface area contributed by atoms with Crippen LogP contribution in [-0.4, -0.2) is 27.3 Å². The van der Waals surface area contributed by atoms with Crippen LogP contribution in [0.15, 0.2) is 29.4 Å². The van der Waals surface area contributed by atoms with Gasteiger partial charge in [-0.3, -0.25) is 20.2 Å². The predicted octanol–water partition coefficient (Wildman–Crippen LogP) is 1.05. The Morgan fingerprint density at radius 2 is 1.81 bits per heavy atom. The molecule has 1 aromatic rings. The second-order valence-corrected chi connectivity index (χ2v) is 2.84. The molecule has 0 aliphatic rings. The van der Waals surface area contributed by atoms with Gasteiger partial charge in [0.2, 0.25) is 6.54 Å². The van der Waals surface area contributed by atoms with Crippen LogP contribution in [0.3, 0.4) is 0 Å². The van der Waals surface area contributed by atoms with E-state index in [1.807, 2.05) is 0 Å². The Balaban J connectivity index is 2.96. The average molecular weight is 225 g/mol. The van der Waals surface area contributed by atoms with Gasteiger partial charge in [-0.25, -0.2) is 0 Å². The maximum atomic E-state index is 10.3. The lowest BCUT2D eigenvalue weighted by Gasteiger charge is -1.99. The highest BCUT2D eigenvalue weighted by Crippen LogP contribution is 2.12. The first-order valence-corrected chi connectivity index (χ1v) is 4.12. The van der Waals surface area contributed by atoms with Gasteiger partial charge in [0.1, 0.15) is 0 Å². The SMILES string of the molecule is O=[N+]([O-])C/C(=N/O)c1ccc([N+](=O)[O-])cc1. The molecule has 1 rings (SSSR count). The van der Waals surface area contributed by atoms with Gasteiger partial charge in [-0.05, 0) is 12.1 Å². The van der Waals surface area contributed by atoms with E-state index in [0.717, 1.165) is 0 Å². The molecule has 0 saturated carbocycles. The Labute approximate surface area is 89.1 Å². The van der Waals surface area contributed by atoms with Crippen LogP contribution in [0.5, 0.6) is 0 Å². The number of rotatable bonds is 4. The molecule has 84 valence electrons. The van der Waals surface area contributed by atoms with Crippen LogP contribution < -0.4 is 0 Å². The molecule has 0 heterocycles. The molecule has 1 N–H and O–H groups in total. The van der Waals surface area contributed by atoms with Gasteiger partial charge in [0.05, 0.1) is 4.92 Å². The molecule has 0 bridgehead atoms. The summed E-state index contributed by atoms with van der Waals surface area (Å²) < 4.78 is 0. The average Bonchev–Trinajstić information content (AvgIpc) is 2.25. The van der Waals surface area contributed by atoms with E-state index >= 15 is 0 Å². The van der Waals surface area contributed by atoms with E-state index in [4.69, 9.17) is 5.21 Å². The largest absolute Gasteiger partial charge is 0.410 e. The fourth-order valence-corrected chi connectivity index (χ4v) is 1.08. The minimum absolute atomic E-state index is 0.137. The van der Waals surface area contributed by atoms with Crippen molar-refractivity contribution >= 4 is 11.4 Å². The van der Waals surface area contributed by atoms with Crippen molar-refractivity contribution < 1.29 is 15.1 Å².